The topological polar surface area (TPSA) is 38.7 Å². The summed E-state index contributed by atoms with van der Waals surface area (Å²) < 4.78 is 0. The number of phenolic OH excluding ortho intramolecular Hbond substituents is 1. The van der Waals surface area contributed by atoms with Crippen molar-refractivity contribution in [2.45, 2.75) is 12.8 Å². The Bertz CT molecular complexity index is 429. The fourth-order valence-corrected chi connectivity index (χ4v) is 3.33. The standard InChI is InChI=1S/C16H25N3O.ClH/c20-16-4-2-1-3-15(16)19-11-9-18(10-12-19)13-14-5-7-17-8-6-14;/h1-4,14,17,20H,5-13H2;1H. The molecule has 2 fully saturated rings. The van der Waals surface area contributed by atoms with E-state index in [1.165, 1.54) is 32.5 Å². The lowest BCUT2D eigenvalue weighted by molar-refractivity contribution is 0.196. The van der Waals surface area contributed by atoms with Gasteiger partial charge in [0.05, 0.1) is 5.69 Å². The Labute approximate surface area is 133 Å². The summed E-state index contributed by atoms with van der Waals surface area (Å²) in [5.74, 6) is 1.27. The molecule has 0 saturated carbocycles. The first kappa shape index (κ1) is 16.4. The minimum Gasteiger partial charge on any atom is -0.506 e. The van der Waals surface area contributed by atoms with Crippen molar-refractivity contribution in [1.82, 2.24) is 10.2 Å². The maximum absolute atomic E-state index is 9.93. The smallest absolute Gasteiger partial charge is 0.138 e. The van der Waals surface area contributed by atoms with E-state index in [-0.39, 0.29) is 12.4 Å². The summed E-state index contributed by atoms with van der Waals surface area (Å²) >= 11 is 0. The average Bonchev–Trinajstić information content (AvgIpc) is 2.50. The highest BCUT2D eigenvalue weighted by Gasteiger charge is 2.22. The lowest BCUT2D eigenvalue weighted by atomic mass is 9.97. The highest BCUT2D eigenvalue weighted by molar-refractivity contribution is 5.85. The van der Waals surface area contributed by atoms with Gasteiger partial charge >= 0.3 is 0 Å². The van der Waals surface area contributed by atoms with Gasteiger partial charge in [0.1, 0.15) is 5.75 Å². The summed E-state index contributed by atoms with van der Waals surface area (Å²) in [5.41, 5.74) is 0.981. The van der Waals surface area contributed by atoms with E-state index in [0.29, 0.717) is 5.75 Å². The molecular formula is C16H26ClN3O. The number of para-hydroxylation sites is 2. The number of piperidine rings is 1. The van der Waals surface area contributed by atoms with Crippen molar-refractivity contribution >= 4 is 18.1 Å². The molecule has 118 valence electrons. The Morgan fingerprint density at radius 1 is 1.05 bits per heavy atom. The Hall–Kier alpha value is -0.970. The fourth-order valence-electron chi connectivity index (χ4n) is 3.33. The molecule has 2 aliphatic rings. The second-order valence-electron chi connectivity index (χ2n) is 5.97. The van der Waals surface area contributed by atoms with E-state index in [0.717, 1.165) is 37.8 Å². The maximum Gasteiger partial charge on any atom is 0.138 e. The fraction of sp³-hybridized carbons (Fsp3) is 0.625. The number of hydrogen-bond acceptors (Lipinski definition) is 4. The van der Waals surface area contributed by atoms with E-state index in [9.17, 15) is 5.11 Å². The number of piperazine rings is 1. The number of nitrogens with zero attached hydrogens (tertiary/aromatic N) is 2. The number of nitrogens with one attached hydrogen (secondary N) is 1. The molecule has 0 aromatic heterocycles. The Morgan fingerprint density at radius 2 is 1.71 bits per heavy atom. The molecule has 3 rings (SSSR count). The first-order valence-electron chi connectivity index (χ1n) is 7.79. The minimum absolute atomic E-state index is 0. The molecular weight excluding hydrogens is 286 g/mol. The predicted molar refractivity (Wildman–Crippen MR) is 89.6 cm³/mol. The van der Waals surface area contributed by atoms with Crippen LogP contribution in [-0.4, -0.2) is 55.8 Å². The predicted octanol–water partition coefficient (Wildman–Crippen LogP) is 1.94. The van der Waals surface area contributed by atoms with Crippen molar-refractivity contribution in [2.24, 2.45) is 5.92 Å². The zero-order valence-electron chi connectivity index (χ0n) is 12.5. The average molecular weight is 312 g/mol. The van der Waals surface area contributed by atoms with E-state index < -0.39 is 0 Å². The summed E-state index contributed by atoms with van der Waals surface area (Å²) in [7, 11) is 0. The quantitative estimate of drug-likeness (QED) is 0.895. The Morgan fingerprint density at radius 3 is 2.38 bits per heavy atom. The van der Waals surface area contributed by atoms with Crippen molar-refractivity contribution in [3.63, 3.8) is 0 Å². The van der Waals surface area contributed by atoms with Crippen molar-refractivity contribution in [3.05, 3.63) is 24.3 Å². The van der Waals surface area contributed by atoms with Crippen LogP contribution in [0.25, 0.3) is 0 Å². The van der Waals surface area contributed by atoms with Gasteiger partial charge in [-0.1, -0.05) is 12.1 Å². The number of rotatable bonds is 3. The lowest BCUT2D eigenvalue weighted by Crippen LogP contribution is -2.48. The number of hydrogen-bond donors (Lipinski definition) is 2. The molecule has 0 amide bonds. The van der Waals surface area contributed by atoms with E-state index in [1.54, 1.807) is 6.07 Å². The Balaban J connectivity index is 0.00000161. The van der Waals surface area contributed by atoms with Crippen molar-refractivity contribution < 1.29 is 5.11 Å². The normalized spacial score (nSPS) is 21.0. The SMILES string of the molecule is Cl.Oc1ccccc1N1CCN(CC2CCNCC2)CC1. The van der Waals surface area contributed by atoms with Gasteiger partial charge in [-0.15, -0.1) is 12.4 Å². The highest BCUT2D eigenvalue weighted by Crippen LogP contribution is 2.27. The first-order chi connectivity index (χ1) is 9.83. The van der Waals surface area contributed by atoms with Crippen LogP contribution in [0.2, 0.25) is 0 Å². The molecule has 2 N–H and O–H groups in total. The van der Waals surface area contributed by atoms with E-state index in [2.05, 4.69) is 15.1 Å². The van der Waals surface area contributed by atoms with Crippen LogP contribution in [0.15, 0.2) is 24.3 Å². The van der Waals surface area contributed by atoms with Gasteiger partial charge < -0.3 is 15.3 Å². The number of halogens is 1. The third-order valence-electron chi connectivity index (χ3n) is 4.57. The van der Waals surface area contributed by atoms with E-state index >= 15 is 0 Å². The zero-order chi connectivity index (χ0) is 13.8. The van der Waals surface area contributed by atoms with Crippen molar-refractivity contribution in [3.8, 4) is 5.75 Å². The molecule has 2 aliphatic heterocycles. The van der Waals surface area contributed by atoms with E-state index in [4.69, 9.17) is 0 Å². The molecule has 2 heterocycles. The molecule has 0 unspecified atom stereocenters. The van der Waals surface area contributed by atoms with Crippen molar-refractivity contribution in [2.75, 3.05) is 50.7 Å². The summed E-state index contributed by atoms with van der Waals surface area (Å²) in [6.07, 6.45) is 2.64. The van der Waals surface area contributed by atoms with Gasteiger partial charge in [-0.3, -0.25) is 4.90 Å². The van der Waals surface area contributed by atoms with E-state index in [1.807, 2.05) is 18.2 Å². The van der Waals surface area contributed by atoms with Gasteiger partial charge in [0, 0.05) is 32.7 Å². The molecule has 0 bridgehead atoms. The lowest BCUT2D eigenvalue weighted by Gasteiger charge is -2.38. The second kappa shape index (κ2) is 7.87. The van der Waals surface area contributed by atoms with Crippen LogP contribution in [-0.2, 0) is 0 Å². The molecule has 0 radical (unpaired) electrons. The van der Waals surface area contributed by atoms with Crippen LogP contribution in [0, 0.1) is 5.92 Å². The summed E-state index contributed by atoms with van der Waals surface area (Å²) in [6, 6.07) is 7.66. The highest BCUT2D eigenvalue weighted by atomic mass is 35.5. The molecule has 0 spiro atoms. The molecule has 0 atom stereocenters. The van der Waals surface area contributed by atoms with Gasteiger partial charge in [-0.25, -0.2) is 0 Å². The van der Waals surface area contributed by atoms with Gasteiger partial charge in [-0.05, 0) is 44.0 Å². The number of phenols is 1. The summed E-state index contributed by atoms with van der Waals surface area (Å²) in [4.78, 5) is 4.89. The molecule has 1 aromatic rings. The van der Waals surface area contributed by atoms with Gasteiger partial charge in [-0.2, -0.15) is 0 Å². The van der Waals surface area contributed by atoms with Gasteiger partial charge in [0.25, 0.3) is 0 Å². The number of aromatic hydroxyl groups is 1. The molecule has 4 nitrogen and oxygen atoms in total. The summed E-state index contributed by atoms with van der Waals surface area (Å²) in [5, 5.41) is 13.4. The minimum atomic E-state index is 0. The summed E-state index contributed by atoms with van der Waals surface area (Å²) in [6.45, 7) is 7.86. The van der Waals surface area contributed by atoms with Crippen LogP contribution in [0.4, 0.5) is 5.69 Å². The largest absolute Gasteiger partial charge is 0.506 e. The van der Waals surface area contributed by atoms with Gasteiger partial charge in [0.2, 0.25) is 0 Å². The van der Waals surface area contributed by atoms with Crippen LogP contribution in [0.5, 0.6) is 5.75 Å². The number of anilines is 1. The third-order valence-corrected chi connectivity index (χ3v) is 4.57. The number of benzene rings is 1. The van der Waals surface area contributed by atoms with Crippen LogP contribution < -0.4 is 10.2 Å². The molecule has 5 heteroatoms. The maximum atomic E-state index is 9.93. The second-order valence-corrected chi connectivity index (χ2v) is 5.97. The monoisotopic (exact) mass is 311 g/mol. The van der Waals surface area contributed by atoms with Crippen LogP contribution >= 0.6 is 12.4 Å². The Kier molecular flexibility index (Phi) is 6.15. The molecule has 1 aromatic carbocycles. The molecule has 21 heavy (non-hydrogen) atoms. The van der Waals surface area contributed by atoms with Crippen molar-refractivity contribution in [1.29, 1.82) is 0 Å². The molecule has 2 saturated heterocycles. The first-order valence-corrected chi connectivity index (χ1v) is 7.79. The van der Waals surface area contributed by atoms with Crippen LogP contribution in [0.3, 0.4) is 0 Å². The zero-order valence-corrected chi connectivity index (χ0v) is 13.3. The molecule has 0 aliphatic carbocycles. The third kappa shape index (κ3) is 4.25. The van der Waals surface area contributed by atoms with Crippen LogP contribution in [0.1, 0.15) is 12.8 Å². The van der Waals surface area contributed by atoms with Gasteiger partial charge in [0.15, 0.2) is 0 Å².